The molecule has 2 aromatic rings. The van der Waals surface area contributed by atoms with Crippen LogP contribution >= 0.6 is 0 Å². The molecule has 0 fully saturated rings. The molecule has 0 unspecified atom stereocenters. The molecule has 0 aliphatic carbocycles. The molecule has 0 atom stereocenters. The van der Waals surface area contributed by atoms with Crippen LogP contribution in [0.3, 0.4) is 0 Å². The lowest BCUT2D eigenvalue weighted by molar-refractivity contribution is -0.128. The molecule has 6 nitrogen and oxygen atoms in total. The fourth-order valence-electron chi connectivity index (χ4n) is 1.65. The van der Waals surface area contributed by atoms with Gasteiger partial charge in [-0.1, -0.05) is 0 Å². The van der Waals surface area contributed by atoms with Gasteiger partial charge in [-0.3, -0.25) is 4.79 Å². The molecule has 0 aromatic carbocycles. The summed E-state index contributed by atoms with van der Waals surface area (Å²) in [7, 11) is 1.59. The van der Waals surface area contributed by atoms with Crippen LogP contribution in [-0.4, -0.2) is 34.1 Å². The molecule has 1 amide bonds. The maximum atomic E-state index is 13.0. The predicted octanol–water partition coefficient (Wildman–Crippen LogP) is 1.05. The molecule has 19 heavy (non-hydrogen) atoms. The quantitative estimate of drug-likeness (QED) is 0.867. The minimum Gasteiger partial charge on any atom is -0.359 e. The maximum Gasteiger partial charge on any atom is 0.243 e. The number of nitrogens with one attached hydrogen (secondary N) is 2. The average molecular weight is 265 g/mol. The molecule has 0 bridgehead atoms. The van der Waals surface area contributed by atoms with Crippen LogP contribution in [-0.2, 0) is 4.79 Å². The number of aromatic nitrogens is 3. The van der Waals surface area contributed by atoms with E-state index in [4.69, 9.17) is 0 Å². The zero-order valence-electron chi connectivity index (χ0n) is 11.1. The fourth-order valence-corrected chi connectivity index (χ4v) is 1.65. The third kappa shape index (κ3) is 2.81. The van der Waals surface area contributed by atoms with Crippen LogP contribution in [0.15, 0.2) is 18.3 Å². The number of nitrogens with zero attached hydrogens (tertiary/aromatic N) is 3. The number of anilines is 1. The molecule has 2 rings (SSSR count). The first-order valence-electron chi connectivity index (χ1n) is 5.90. The zero-order chi connectivity index (χ0) is 14.0. The smallest absolute Gasteiger partial charge is 0.243 e. The third-order valence-electron chi connectivity index (χ3n) is 2.83. The van der Waals surface area contributed by atoms with Crippen molar-refractivity contribution in [3.63, 3.8) is 0 Å². The van der Waals surface area contributed by atoms with Crippen molar-refractivity contribution in [2.45, 2.75) is 13.8 Å². The number of carbonyl (C=O) groups is 1. The van der Waals surface area contributed by atoms with Crippen molar-refractivity contribution in [2.24, 2.45) is 5.41 Å². The van der Waals surface area contributed by atoms with Crippen LogP contribution in [0.4, 0.5) is 10.3 Å². The van der Waals surface area contributed by atoms with Gasteiger partial charge >= 0.3 is 0 Å². The summed E-state index contributed by atoms with van der Waals surface area (Å²) in [6.07, 6.45) is 1.25. The molecule has 2 aromatic heterocycles. The second-order valence-electron chi connectivity index (χ2n) is 4.90. The van der Waals surface area contributed by atoms with Crippen molar-refractivity contribution < 1.29 is 9.18 Å². The van der Waals surface area contributed by atoms with E-state index < -0.39 is 5.41 Å². The Labute approximate surface area is 110 Å². The van der Waals surface area contributed by atoms with Crippen LogP contribution in [0.2, 0.25) is 0 Å². The first-order valence-corrected chi connectivity index (χ1v) is 5.90. The van der Waals surface area contributed by atoms with Crippen molar-refractivity contribution in [1.29, 1.82) is 0 Å². The lowest BCUT2D eigenvalue weighted by Crippen LogP contribution is -2.39. The van der Waals surface area contributed by atoms with E-state index in [2.05, 4.69) is 20.7 Å². The Kier molecular flexibility index (Phi) is 3.37. The highest BCUT2D eigenvalue weighted by molar-refractivity contribution is 5.82. The van der Waals surface area contributed by atoms with Crippen LogP contribution < -0.4 is 10.6 Å². The number of pyridine rings is 1. The number of carbonyl (C=O) groups excluding carboxylic acids is 1. The van der Waals surface area contributed by atoms with Gasteiger partial charge in [0.05, 0.1) is 11.6 Å². The Morgan fingerprint density at radius 2 is 2.21 bits per heavy atom. The topological polar surface area (TPSA) is 71.3 Å². The van der Waals surface area contributed by atoms with Gasteiger partial charge < -0.3 is 10.6 Å². The second-order valence-corrected chi connectivity index (χ2v) is 4.90. The molecular weight excluding hydrogens is 249 g/mol. The standard InChI is InChI=1S/C12H16FN5O/c1-12(2,10(19)14-3)7-15-11-16-9-5-4-8(13)6-18(9)17-11/h4-6H,7H2,1-3H3,(H,14,19)(H,15,17). The number of hydrogen-bond donors (Lipinski definition) is 2. The van der Waals surface area contributed by atoms with E-state index >= 15 is 0 Å². The zero-order valence-corrected chi connectivity index (χ0v) is 11.1. The molecule has 2 N–H and O–H groups in total. The Hall–Kier alpha value is -2.18. The minimum atomic E-state index is -0.586. The highest BCUT2D eigenvalue weighted by Crippen LogP contribution is 2.16. The monoisotopic (exact) mass is 265 g/mol. The second kappa shape index (κ2) is 4.83. The van der Waals surface area contributed by atoms with Gasteiger partial charge in [-0.05, 0) is 26.0 Å². The lowest BCUT2D eigenvalue weighted by Gasteiger charge is -2.22. The minimum absolute atomic E-state index is 0.0743. The van der Waals surface area contributed by atoms with E-state index in [0.717, 1.165) is 0 Å². The van der Waals surface area contributed by atoms with Crippen molar-refractivity contribution in [3.05, 3.63) is 24.1 Å². The molecule has 0 saturated heterocycles. The number of fused-ring (bicyclic) bond motifs is 1. The largest absolute Gasteiger partial charge is 0.359 e. The van der Waals surface area contributed by atoms with Crippen molar-refractivity contribution in [3.8, 4) is 0 Å². The lowest BCUT2D eigenvalue weighted by atomic mass is 9.92. The summed E-state index contributed by atoms with van der Waals surface area (Å²) >= 11 is 0. The molecule has 7 heteroatoms. The molecule has 0 radical (unpaired) electrons. The van der Waals surface area contributed by atoms with Gasteiger partial charge in [0, 0.05) is 13.6 Å². The molecule has 0 aliphatic rings. The Morgan fingerprint density at radius 3 is 2.89 bits per heavy atom. The van der Waals surface area contributed by atoms with E-state index in [9.17, 15) is 9.18 Å². The molecular formula is C12H16FN5O. The van der Waals surface area contributed by atoms with E-state index in [-0.39, 0.29) is 11.7 Å². The molecule has 0 saturated carbocycles. The normalized spacial score (nSPS) is 11.6. The van der Waals surface area contributed by atoms with E-state index in [1.165, 1.54) is 22.8 Å². The van der Waals surface area contributed by atoms with Crippen molar-refractivity contribution >= 4 is 17.5 Å². The third-order valence-corrected chi connectivity index (χ3v) is 2.83. The Morgan fingerprint density at radius 1 is 1.47 bits per heavy atom. The highest BCUT2D eigenvalue weighted by atomic mass is 19.1. The van der Waals surface area contributed by atoms with E-state index in [1.807, 2.05) is 13.8 Å². The predicted molar refractivity (Wildman–Crippen MR) is 69.3 cm³/mol. The summed E-state index contributed by atoms with van der Waals surface area (Å²) < 4.78 is 14.4. The number of amides is 1. The van der Waals surface area contributed by atoms with E-state index in [0.29, 0.717) is 18.1 Å². The highest BCUT2D eigenvalue weighted by Gasteiger charge is 2.26. The number of hydrogen-bond acceptors (Lipinski definition) is 4. The van der Waals surface area contributed by atoms with Gasteiger partial charge in [-0.2, -0.15) is 4.98 Å². The maximum absolute atomic E-state index is 13.0. The molecule has 0 aliphatic heterocycles. The van der Waals surface area contributed by atoms with Crippen LogP contribution in [0.25, 0.3) is 5.65 Å². The van der Waals surface area contributed by atoms with Crippen LogP contribution in [0.5, 0.6) is 0 Å². The Balaban J connectivity index is 2.12. The first-order chi connectivity index (χ1) is 8.92. The van der Waals surface area contributed by atoms with Gasteiger partial charge in [-0.25, -0.2) is 8.91 Å². The summed E-state index contributed by atoms with van der Waals surface area (Å²) in [5.74, 6) is -0.0907. The van der Waals surface area contributed by atoms with Gasteiger partial charge in [-0.15, -0.1) is 5.10 Å². The summed E-state index contributed by atoms with van der Waals surface area (Å²) in [5.41, 5.74) is -0.0426. The number of rotatable bonds is 4. The molecule has 102 valence electrons. The summed E-state index contributed by atoms with van der Waals surface area (Å²) in [5, 5.41) is 9.67. The van der Waals surface area contributed by atoms with Gasteiger partial charge in [0.2, 0.25) is 11.9 Å². The van der Waals surface area contributed by atoms with Crippen LogP contribution in [0, 0.1) is 11.2 Å². The first kappa shape index (κ1) is 13.3. The SMILES string of the molecule is CNC(=O)C(C)(C)CNc1nc2ccc(F)cn2n1. The fraction of sp³-hybridized carbons (Fsp3) is 0.417. The van der Waals surface area contributed by atoms with Gasteiger partial charge in [0.25, 0.3) is 0 Å². The summed E-state index contributed by atoms with van der Waals surface area (Å²) in [4.78, 5) is 15.8. The molecule has 0 spiro atoms. The average Bonchev–Trinajstić information content (AvgIpc) is 2.77. The van der Waals surface area contributed by atoms with Gasteiger partial charge in [0.15, 0.2) is 5.65 Å². The summed E-state index contributed by atoms with van der Waals surface area (Å²) in [6, 6.07) is 2.86. The Bertz CT molecular complexity index is 607. The number of halogens is 1. The van der Waals surface area contributed by atoms with Crippen LogP contribution in [0.1, 0.15) is 13.8 Å². The van der Waals surface area contributed by atoms with Crippen molar-refractivity contribution in [2.75, 3.05) is 18.9 Å². The summed E-state index contributed by atoms with van der Waals surface area (Å²) in [6.45, 7) is 4.01. The van der Waals surface area contributed by atoms with E-state index in [1.54, 1.807) is 7.05 Å². The van der Waals surface area contributed by atoms with Crippen molar-refractivity contribution in [1.82, 2.24) is 19.9 Å². The van der Waals surface area contributed by atoms with Gasteiger partial charge in [0.1, 0.15) is 5.82 Å². The molecule has 2 heterocycles.